The molecule has 0 atom stereocenters. The highest BCUT2D eigenvalue weighted by molar-refractivity contribution is 7.80. The minimum Gasteiger partial charge on any atom is -0.460 e. The summed E-state index contributed by atoms with van der Waals surface area (Å²) in [6.45, 7) is 7.12. The third-order valence-corrected chi connectivity index (χ3v) is 1.27. The Bertz CT molecular complexity index is 282. The van der Waals surface area contributed by atoms with Gasteiger partial charge in [0.15, 0.2) is 5.11 Å². The van der Waals surface area contributed by atoms with Crippen molar-refractivity contribution in [2.75, 3.05) is 0 Å². The number of carbonyl (C=O) groups is 1. The molecule has 0 aromatic heterocycles. The zero-order chi connectivity index (χ0) is 12.1. The van der Waals surface area contributed by atoms with Gasteiger partial charge in [0.2, 0.25) is 0 Å². The summed E-state index contributed by atoms with van der Waals surface area (Å²) < 4.78 is 5.10. The molecule has 0 aliphatic carbocycles. The predicted octanol–water partition coefficient (Wildman–Crippen LogP) is 0.927. The van der Waals surface area contributed by atoms with Crippen molar-refractivity contribution >= 4 is 29.0 Å². The molecule has 0 radical (unpaired) electrons. The summed E-state index contributed by atoms with van der Waals surface area (Å²) in [6, 6.07) is 0. The molecule has 0 aromatic rings. The van der Waals surface area contributed by atoms with Gasteiger partial charge in [-0.1, -0.05) is 0 Å². The van der Waals surface area contributed by atoms with Crippen LogP contribution in [0.15, 0.2) is 5.10 Å². The second kappa shape index (κ2) is 5.65. The van der Waals surface area contributed by atoms with Crippen LogP contribution < -0.4 is 11.2 Å². The molecule has 0 aliphatic rings. The molecule has 6 heteroatoms. The molecule has 0 saturated carbocycles. The van der Waals surface area contributed by atoms with E-state index >= 15 is 0 Å². The van der Waals surface area contributed by atoms with Crippen molar-refractivity contribution in [3.8, 4) is 0 Å². The van der Waals surface area contributed by atoms with Crippen LogP contribution in [0.1, 0.15) is 34.1 Å². The summed E-state index contributed by atoms with van der Waals surface area (Å²) in [6.07, 6.45) is 0.118. The van der Waals surface area contributed by atoms with Gasteiger partial charge in [0.25, 0.3) is 0 Å². The normalized spacial score (nSPS) is 12.1. The fraction of sp³-hybridized carbons (Fsp3) is 0.667. The van der Waals surface area contributed by atoms with Crippen molar-refractivity contribution < 1.29 is 9.53 Å². The lowest BCUT2D eigenvalue weighted by molar-refractivity contribution is -0.153. The molecule has 0 fully saturated rings. The van der Waals surface area contributed by atoms with Crippen LogP contribution in [0, 0.1) is 0 Å². The van der Waals surface area contributed by atoms with Gasteiger partial charge in [0.1, 0.15) is 5.60 Å². The second-order valence-corrected chi connectivity index (χ2v) is 4.53. The summed E-state index contributed by atoms with van der Waals surface area (Å²) in [5.41, 5.74) is 7.66. The van der Waals surface area contributed by atoms with Crippen molar-refractivity contribution in [2.45, 2.75) is 39.7 Å². The second-order valence-electron chi connectivity index (χ2n) is 4.09. The lowest BCUT2D eigenvalue weighted by Crippen LogP contribution is -2.27. The van der Waals surface area contributed by atoms with Crippen LogP contribution >= 0.6 is 12.2 Å². The van der Waals surface area contributed by atoms with E-state index in [4.69, 9.17) is 10.5 Å². The zero-order valence-corrected chi connectivity index (χ0v) is 10.3. The first-order valence-electron chi connectivity index (χ1n) is 4.51. The Morgan fingerprint density at radius 1 is 1.53 bits per heavy atom. The van der Waals surface area contributed by atoms with Crippen LogP contribution in [0.5, 0.6) is 0 Å². The van der Waals surface area contributed by atoms with Crippen LogP contribution in [0.25, 0.3) is 0 Å². The van der Waals surface area contributed by atoms with Gasteiger partial charge in [0, 0.05) is 5.71 Å². The molecule has 0 unspecified atom stereocenters. The molecular weight excluding hydrogens is 214 g/mol. The number of hydrogen-bond donors (Lipinski definition) is 2. The molecule has 0 heterocycles. The standard InChI is InChI=1S/C9H17N3O2S/c1-6(11-12-8(10)15)5-7(13)14-9(2,3)4/h5H2,1-4H3,(H3,10,12,15)/b11-6-. The van der Waals surface area contributed by atoms with Crippen LogP contribution in [0.3, 0.4) is 0 Å². The van der Waals surface area contributed by atoms with Crippen molar-refractivity contribution in [3.05, 3.63) is 0 Å². The first-order chi connectivity index (χ1) is 6.70. The Labute approximate surface area is 95.0 Å². The predicted molar refractivity (Wildman–Crippen MR) is 63.5 cm³/mol. The van der Waals surface area contributed by atoms with Gasteiger partial charge in [-0.25, -0.2) is 0 Å². The molecule has 0 spiro atoms. The molecule has 0 saturated heterocycles. The highest BCUT2D eigenvalue weighted by Gasteiger charge is 2.16. The molecule has 86 valence electrons. The summed E-state index contributed by atoms with van der Waals surface area (Å²) in [5.74, 6) is -0.325. The van der Waals surface area contributed by atoms with Gasteiger partial charge in [-0.05, 0) is 39.9 Å². The zero-order valence-electron chi connectivity index (χ0n) is 9.46. The highest BCUT2D eigenvalue weighted by Crippen LogP contribution is 2.08. The number of nitrogens with zero attached hydrogens (tertiary/aromatic N) is 1. The molecule has 0 amide bonds. The molecule has 0 bridgehead atoms. The topological polar surface area (TPSA) is 76.7 Å². The van der Waals surface area contributed by atoms with E-state index in [9.17, 15) is 4.79 Å². The van der Waals surface area contributed by atoms with E-state index in [1.54, 1.807) is 6.92 Å². The van der Waals surface area contributed by atoms with Crippen molar-refractivity contribution in [1.82, 2.24) is 5.43 Å². The maximum atomic E-state index is 11.3. The summed E-state index contributed by atoms with van der Waals surface area (Å²) >= 11 is 4.56. The van der Waals surface area contributed by atoms with Crippen LogP contribution in [0.2, 0.25) is 0 Å². The third kappa shape index (κ3) is 9.14. The third-order valence-electron chi connectivity index (χ3n) is 1.18. The number of rotatable bonds is 3. The minimum absolute atomic E-state index is 0.0681. The molecule has 5 nitrogen and oxygen atoms in total. The van der Waals surface area contributed by atoms with Gasteiger partial charge in [0.05, 0.1) is 6.42 Å². The number of esters is 1. The number of hydrogen-bond acceptors (Lipinski definition) is 4. The number of hydrazone groups is 1. The molecule has 3 N–H and O–H groups in total. The fourth-order valence-corrected chi connectivity index (χ4v) is 0.822. The Hall–Kier alpha value is -1.17. The van der Waals surface area contributed by atoms with E-state index in [1.807, 2.05) is 20.8 Å². The first kappa shape index (κ1) is 13.8. The van der Waals surface area contributed by atoms with E-state index in [0.717, 1.165) is 0 Å². The van der Waals surface area contributed by atoms with Gasteiger partial charge in [-0.3, -0.25) is 10.2 Å². The average Bonchev–Trinajstić information content (AvgIpc) is 1.96. The van der Waals surface area contributed by atoms with E-state index in [0.29, 0.717) is 5.71 Å². The fourth-order valence-electron chi connectivity index (χ4n) is 0.777. The summed E-state index contributed by atoms with van der Waals surface area (Å²) in [5, 5.41) is 3.86. The molecule has 0 rings (SSSR count). The van der Waals surface area contributed by atoms with Crippen LogP contribution in [0.4, 0.5) is 0 Å². The molecular formula is C9H17N3O2S. The van der Waals surface area contributed by atoms with Gasteiger partial charge < -0.3 is 10.5 Å². The number of thiocarbonyl (C=S) groups is 1. The van der Waals surface area contributed by atoms with Gasteiger partial charge in [-0.2, -0.15) is 5.10 Å². The quantitative estimate of drug-likeness (QED) is 0.327. The van der Waals surface area contributed by atoms with Gasteiger partial charge in [-0.15, -0.1) is 0 Å². The van der Waals surface area contributed by atoms with Crippen molar-refractivity contribution in [3.63, 3.8) is 0 Å². The van der Waals surface area contributed by atoms with E-state index in [2.05, 4.69) is 22.7 Å². The number of ether oxygens (including phenoxy) is 1. The maximum Gasteiger partial charge on any atom is 0.312 e. The smallest absolute Gasteiger partial charge is 0.312 e. The highest BCUT2D eigenvalue weighted by atomic mass is 32.1. The lowest BCUT2D eigenvalue weighted by Gasteiger charge is -2.19. The largest absolute Gasteiger partial charge is 0.460 e. The van der Waals surface area contributed by atoms with Crippen molar-refractivity contribution in [1.29, 1.82) is 0 Å². The summed E-state index contributed by atoms with van der Waals surface area (Å²) in [4.78, 5) is 11.3. The van der Waals surface area contributed by atoms with E-state index in [1.165, 1.54) is 0 Å². The summed E-state index contributed by atoms with van der Waals surface area (Å²) in [7, 11) is 0. The Balaban J connectivity index is 4.07. The molecule has 0 aromatic carbocycles. The van der Waals surface area contributed by atoms with E-state index < -0.39 is 5.60 Å². The first-order valence-corrected chi connectivity index (χ1v) is 4.92. The Kier molecular flexibility index (Phi) is 5.21. The lowest BCUT2D eigenvalue weighted by atomic mass is 10.2. The number of nitrogens with one attached hydrogen (secondary N) is 1. The van der Waals surface area contributed by atoms with E-state index in [-0.39, 0.29) is 17.5 Å². The number of carbonyl (C=O) groups excluding carboxylic acids is 1. The molecule has 15 heavy (non-hydrogen) atoms. The maximum absolute atomic E-state index is 11.3. The van der Waals surface area contributed by atoms with Gasteiger partial charge >= 0.3 is 5.97 Å². The molecule has 0 aliphatic heterocycles. The van der Waals surface area contributed by atoms with Crippen LogP contribution in [-0.2, 0) is 9.53 Å². The minimum atomic E-state index is -0.478. The Morgan fingerprint density at radius 2 is 2.07 bits per heavy atom. The van der Waals surface area contributed by atoms with Crippen LogP contribution in [-0.4, -0.2) is 22.4 Å². The number of nitrogens with two attached hydrogens (primary N) is 1. The monoisotopic (exact) mass is 231 g/mol. The average molecular weight is 231 g/mol. The van der Waals surface area contributed by atoms with Crippen molar-refractivity contribution in [2.24, 2.45) is 10.8 Å². The Morgan fingerprint density at radius 3 is 2.47 bits per heavy atom. The SMILES string of the molecule is C/C(CC(=O)OC(C)(C)C)=N/NC(N)=S.